The Kier molecular flexibility index (Phi) is 4.23. The van der Waals surface area contributed by atoms with Crippen molar-refractivity contribution in [2.45, 2.75) is 33.2 Å². The maximum absolute atomic E-state index is 11.4. The summed E-state index contributed by atoms with van der Waals surface area (Å²) >= 11 is 5.43. The highest BCUT2D eigenvalue weighted by molar-refractivity contribution is 7.80. The number of carboxylic acids is 1. The van der Waals surface area contributed by atoms with E-state index in [1.807, 2.05) is 24.3 Å². The summed E-state index contributed by atoms with van der Waals surface area (Å²) in [5, 5.41) is 12.7. The van der Waals surface area contributed by atoms with E-state index in [0.717, 1.165) is 23.1 Å². The molecule has 1 unspecified atom stereocenters. The van der Waals surface area contributed by atoms with Gasteiger partial charge in [-0.3, -0.25) is 0 Å². The van der Waals surface area contributed by atoms with E-state index in [1.54, 1.807) is 6.92 Å². The first-order valence-corrected chi connectivity index (χ1v) is 7.22. The molecule has 106 valence electrons. The normalized spacial score (nSPS) is 21.8. The number of rotatable bonds is 3. The molecule has 1 aliphatic heterocycles. The molecule has 3 nitrogen and oxygen atoms in total. The van der Waals surface area contributed by atoms with Gasteiger partial charge in [0.1, 0.15) is 4.99 Å². The highest BCUT2D eigenvalue weighted by Gasteiger charge is 2.32. The number of carbonyl (C=O) groups is 1. The van der Waals surface area contributed by atoms with Crippen molar-refractivity contribution in [2.75, 3.05) is 0 Å². The number of thiocarbonyl (C=S) groups is 1. The zero-order chi connectivity index (χ0) is 14.9. The summed E-state index contributed by atoms with van der Waals surface area (Å²) in [6, 6.07) is 7.70. The molecular weight excluding hydrogens is 270 g/mol. The van der Waals surface area contributed by atoms with Crippen molar-refractivity contribution in [3.05, 3.63) is 41.0 Å². The van der Waals surface area contributed by atoms with E-state index in [-0.39, 0.29) is 6.04 Å². The smallest absolute Gasteiger partial charge is 0.331 e. The van der Waals surface area contributed by atoms with Gasteiger partial charge in [0.05, 0.1) is 6.04 Å². The van der Waals surface area contributed by atoms with E-state index < -0.39 is 5.97 Å². The lowest BCUT2D eigenvalue weighted by Crippen LogP contribution is -2.44. The topological polar surface area (TPSA) is 49.3 Å². The lowest BCUT2D eigenvalue weighted by Gasteiger charge is -2.35. The SMILES string of the molecule is CCC(C)[C@@H]1NC(=S)c2ccccc2C1=C(C)C(=O)O. The third kappa shape index (κ3) is 2.48. The van der Waals surface area contributed by atoms with Crippen LogP contribution in [-0.2, 0) is 4.79 Å². The molecule has 2 N–H and O–H groups in total. The average Bonchev–Trinajstić information content (AvgIpc) is 2.45. The Labute approximate surface area is 124 Å². The number of carboxylic acid groups (broad SMARTS) is 1. The fraction of sp³-hybridized carbons (Fsp3) is 0.375. The Morgan fingerprint density at radius 2 is 2.00 bits per heavy atom. The van der Waals surface area contributed by atoms with E-state index in [4.69, 9.17) is 12.2 Å². The molecule has 1 aromatic rings. The van der Waals surface area contributed by atoms with Crippen LogP contribution in [0.25, 0.3) is 5.57 Å². The number of fused-ring (bicyclic) bond motifs is 1. The third-order valence-corrected chi connectivity index (χ3v) is 4.34. The van der Waals surface area contributed by atoms with Crippen LogP contribution in [0, 0.1) is 5.92 Å². The summed E-state index contributed by atoms with van der Waals surface area (Å²) in [6.45, 7) is 5.88. The molecule has 0 radical (unpaired) electrons. The summed E-state index contributed by atoms with van der Waals surface area (Å²) in [7, 11) is 0. The van der Waals surface area contributed by atoms with Gasteiger partial charge in [0, 0.05) is 11.1 Å². The molecule has 0 saturated carbocycles. The Hall–Kier alpha value is -1.68. The van der Waals surface area contributed by atoms with Crippen LogP contribution in [-0.4, -0.2) is 22.1 Å². The van der Waals surface area contributed by atoms with Crippen LogP contribution in [0.4, 0.5) is 0 Å². The van der Waals surface area contributed by atoms with Crippen LogP contribution in [0.1, 0.15) is 38.3 Å². The van der Waals surface area contributed by atoms with Crippen molar-refractivity contribution < 1.29 is 9.90 Å². The van der Waals surface area contributed by atoms with Gasteiger partial charge in [-0.2, -0.15) is 0 Å². The second-order valence-electron chi connectivity index (χ2n) is 5.23. The molecule has 20 heavy (non-hydrogen) atoms. The number of hydrogen-bond donors (Lipinski definition) is 2. The van der Waals surface area contributed by atoms with Gasteiger partial charge in [0.25, 0.3) is 0 Å². The fourth-order valence-electron chi connectivity index (χ4n) is 2.59. The second kappa shape index (κ2) is 5.75. The highest BCUT2D eigenvalue weighted by Crippen LogP contribution is 2.34. The first-order valence-electron chi connectivity index (χ1n) is 6.81. The third-order valence-electron chi connectivity index (χ3n) is 4.00. The maximum atomic E-state index is 11.4. The number of aliphatic carboxylic acids is 1. The molecule has 0 aromatic heterocycles. The average molecular weight is 289 g/mol. The molecule has 4 heteroatoms. The van der Waals surface area contributed by atoms with E-state index in [0.29, 0.717) is 16.5 Å². The molecule has 0 aliphatic carbocycles. The molecule has 2 atom stereocenters. The predicted octanol–water partition coefficient (Wildman–Crippen LogP) is 3.24. The molecule has 0 bridgehead atoms. The lowest BCUT2D eigenvalue weighted by molar-refractivity contribution is -0.132. The van der Waals surface area contributed by atoms with Crippen molar-refractivity contribution in [1.82, 2.24) is 5.32 Å². The Bertz CT molecular complexity index is 592. The summed E-state index contributed by atoms with van der Waals surface area (Å²) in [5.74, 6) is -0.566. The molecule has 2 rings (SSSR count). The molecule has 1 aromatic carbocycles. The molecule has 0 fully saturated rings. The Morgan fingerprint density at radius 3 is 2.55 bits per heavy atom. The van der Waals surface area contributed by atoms with Crippen LogP contribution in [0.15, 0.2) is 29.8 Å². The van der Waals surface area contributed by atoms with E-state index in [1.165, 1.54) is 0 Å². The molecule has 0 amide bonds. The van der Waals surface area contributed by atoms with Gasteiger partial charge in [-0.15, -0.1) is 0 Å². The van der Waals surface area contributed by atoms with Crippen molar-refractivity contribution in [3.63, 3.8) is 0 Å². The second-order valence-corrected chi connectivity index (χ2v) is 5.63. The molecule has 1 aliphatic rings. The van der Waals surface area contributed by atoms with Crippen molar-refractivity contribution in [1.29, 1.82) is 0 Å². The van der Waals surface area contributed by atoms with Gasteiger partial charge in [-0.05, 0) is 24.0 Å². The summed E-state index contributed by atoms with van der Waals surface area (Å²) in [4.78, 5) is 12.1. The van der Waals surface area contributed by atoms with Gasteiger partial charge in [0.2, 0.25) is 0 Å². The van der Waals surface area contributed by atoms with Gasteiger partial charge in [-0.1, -0.05) is 56.8 Å². The van der Waals surface area contributed by atoms with Crippen LogP contribution < -0.4 is 5.32 Å². The minimum absolute atomic E-state index is 0.0431. The number of nitrogens with one attached hydrogen (secondary N) is 1. The van der Waals surface area contributed by atoms with Crippen LogP contribution >= 0.6 is 12.2 Å². The first-order chi connectivity index (χ1) is 9.47. The predicted molar refractivity (Wildman–Crippen MR) is 84.8 cm³/mol. The van der Waals surface area contributed by atoms with Crippen molar-refractivity contribution >= 4 is 28.7 Å². The number of hydrogen-bond acceptors (Lipinski definition) is 2. The van der Waals surface area contributed by atoms with Gasteiger partial charge in [-0.25, -0.2) is 4.79 Å². The maximum Gasteiger partial charge on any atom is 0.331 e. The van der Waals surface area contributed by atoms with E-state index in [9.17, 15) is 9.90 Å². The zero-order valence-corrected chi connectivity index (χ0v) is 12.8. The quantitative estimate of drug-likeness (QED) is 0.662. The Balaban J connectivity index is 2.68. The van der Waals surface area contributed by atoms with Crippen molar-refractivity contribution in [3.8, 4) is 0 Å². The van der Waals surface area contributed by atoms with Gasteiger partial charge >= 0.3 is 5.97 Å². The molecule has 1 heterocycles. The zero-order valence-electron chi connectivity index (χ0n) is 11.9. The Morgan fingerprint density at radius 1 is 1.40 bits per heavy atom. The minimum Gasteiger partial charge on any atom is -0.478 e. The minimum atomic E-state index is -0.877. The van der Waals surface area contributed by atoms with Crippen LogP contribution in [0.2, 0.25) is 0 Å². The summed E-state index contributed by atoms with van der Waals surface area (Å²) in [6.07, 6.45) is 0.957. The molecule has 0 saturated heterocycles. The largest absolute Gasteiger partial charge is 0.478 e. The van der Waals surface area contributed by atoms with Crippen LogP contribution in [0.5, 0.6) is 0 Å². The lowest BCUT2D eigenvalue weighted by atomic mass is 9.81. The fourth-order valence-corrected chi connectivity index (χ4v) is 2.89. The van der Waals surface area contributed by atoms with Gasteiger partial charge in [0.15, 0.2) is 0 Å². The highest BCUT2D eigenvalue weighted by atomic mass is 32.1. The van der Waals surface area contributed by atoms with Gasteiger partial charge < -0.3 is 10.4 Å². The van der Waals surface area contributed by atoms with Crippen molar-refractivity contribution in [2.24, 2.45) is 5.92 Å². The monoisotopic (exact) mass is 289 g/mol. The van der Waals surface area contributed by atoms with E-state index >= 15 is 0 Å². The molecule has 0 spiro atoms. The van der Waals surface area contributed by atoms with E-state index in [2.05, 4.69) is 19.2 Å². The standard InChI is InChI=1S/C16H19NO2S/c1-4-9(2)14-13(10(3)16(18)19)11-7-5-6-8-12(11)15(20)17-14/h5-9,14H,4H2,1-3H3,(H,17,20)(H,18,19)/t9?,14-/m0/s1. The summed E-state index contributed by atoms with van der Waals surface area (Å²) in [5.41, 5.74) is 3.10. The number of benzene rings is 1. The summed E-state index contributed by atoms with van der Waals surface area (Å²) < 4.78 is 0. The van der Waals surface area contributed by atoms with Crippen LogP contribution in [0.3, 0.4) is 0 Å². The first kappa shape index (κ1) is 14.7. The molecular formula is C16H19NO2S.